The van der Waals surface area contributed by atoms with E-state index >= 15 is 0 Å². The zero-order chi connectivity index (χ0) is 19.3. The van der Waals surface area contributed by atoms with Gasteiger partial charge in [-0.25, -0.2) is 9.37 Å². The summed E-state index contributed by atoms with van der Waals surface area (Å²) in [5.41, 5.74) is 2.52. The lowest BCUT2D eigenvalue weighted by molar-refractivity contribution is 0.450. The second kappa shape index (κ2) is 6.38. The number of hydrogen-bond acceptors (Lipinski definition) is 6. The third-order valence-electron chi connectivity index (χ3n) is 4.89. The van der Waals surface area contributed by atoms with Gasteiger partial charge in [0.25, 0.3) is 0 Å². The Morgan fingerprint density at radius 2 is 2.00 bits per heavy atom. The first kappa shape index (κ1) is 16.8. The van der Waals surface area contributed by atoms with Crippen LogP contribution in [-0.2, 0) is 0 Å². The Morgan fingerprint density at radius 1 is 1.18 bits per heavy atom. The van der Waals surface area contributed by atoms with Crippen LogP contribution in [0.2, 0.25) is 0 Å². The molecule has 0 aliphatic carbocycles. The number of fused-ring (bicyclic) bond motifs is 2. The van der Waals surface area contributed by atoms with Gasteiger partial charge >= 0.3 is 0 Å². The number of aromatic nitrogens is 4. The molecular weight excluding hydrogens is 363 g/mol. The average molecular weight is 382 g/mol. The first-order valence-corrected chi connectivity index (χ1v) is 9.08. The number of imidazole rings is 1. The first-order valence-electron chi connectivity index (χ1n) is 9.08. The zero-order valence-electron chi connectivity index (χ0n) is 15.2. The van der Waals surface area contributed by atoms with E-state index in [0.717, 1.165) is 31.9 Å². The standard InChI is InChI=1S/C19H19FN6O2/c1-11-9-26-10-13(8-14(20)18(26)22-11)28-19-17-15(23-24-19)6-12(7-16(17)27)25-4-2-21-3-5-25/h6-10,21,27H,2-5H2,1H3,(H,23,24). The highest BCUT2D eigenvalue weighted by atomic mass is 19.1. The molecule has 0 bridgehead atoms. The molecule has 3 N–H and O–H groups in total. The predicted molar refractivity (Wildman–Crippen MR) is 103 cm³/mol. The van der Waals surface area contributed by atoms with Crippen molar-refractivity contribution in [2.24, 2.45) is 0 Å². The first-order chi connectivity index (χ1) is 13.6. The molecule has 1 aliphatic rings. The van der Waals surface area contributed by atoms with Crippen LogP contribution in [0.15, 0.2) is 30.6 Å². The summed E-state index contributed by atoms with van der Waals surface area (Å²) in [5.74, 6) is 0.0294. The Balaban J connectivity index is 1.51. The van der Waals surface area contributed by atoms with Crippen molar-refractivity contribution >= 4 is 22.2 Å². The van der Waals surface area contributed by atoms with Crippen molar-refractivity contribution < 1.29 is 14.2 Å². The van der Waals surface area contributed by atoms with Gasteiger partial charge in [0.15, 0.2) is 11.5 Å². The predicted octanol–water partition coefficient (Wildman–Crippen LogP) is 2.57. The number of nitrogens with zero attached hydrogens (tertiary/aromatic N) is 4. The SMILES string of the molecule is Cc1cn2cc(Oc3n[nH]c4cc(N5CCNCC5)cc(O)c34)cc(F)c2n1. The molecule has 0 saturated carbocycles. The Morgan fingerprint density at radius 3 is 2.82 bits per heavy atom. The van der Waals surface area contributed by atoms with E-state index in [-0.39, 0.29) is 23.0 Å². The lowest BCUT2D eigenvalue weighted by atomic mass is 10.2. The summed E-state index contributed by atoms with van der Waals surface area (Å²) in [6.45, 7) is 5.33. The van der Waals surface area contributed by atoms with Crippen LogP contribution >= 0.6 is 0 Å². The number of nitrogens with one attached hydrogen (secondary N) is 2. The van der Waals surface area contributed by atoms with Crippen LogP contribution in [0.25, 0.3) is 16.6 Å². The van der Waals surface area contributed by atoms with Gasteiger partial charge in [-0.3, -0.25) is 5.10 Å². The minimum absolute atomic E-state index is 0.0646. The lowest BCUT2D eigenvalue weighted by Gasteiger charge is -2.29. The third-order valence-corrected chi connectivity index (χ3v) is 4.89. The maximum absolute atomic E-state index is 14.3. The van der Waals surface area contributed by atoms with Gasteiger partial charge in [0, 0.05) is 50.2 Å². The Hall–Kier alpha value is -3.33. The van der Waals surface area contributed by atoms with Crippen molar-refractivity contribution in [3.8, 4) is 17.4 Å². The second-order valence-corrected chi connectivity index (χ2v) is 6.89. The summed E-state index contributed by atoms with van der Waals surface area (Å²) in [4.78, 5) is 6.33. The maximum Gasteiger partial charge on any atom is 0.249 e. The molecule has 0 radical (unpaired) electrons. The molecule has 1 aliphatic heterocycles. The highest BCUT2D eigenvalue weighted by Gasteiger charge is 2.18. The van der Waals surface area contributed by atoms with Crippen molar-refractivity contribution in [3.05, 3.63) is 42.1 Å². The highest BCUT2D eigenvalue weighted by molar-refractivity contribution is 5.93. The molecule has 0 unspecified atom stereocenters. The van der Waals surface area contributed by atoms with Gasteiger partial charge in [-0.1, -0.05) is 0 Å². The smallest absolute Gasteiger partial charge is 0.249 e. The van der Waals surface area contributed by atoms with Crippen LogP contribution in [0, 0.1) is 12.7 Å². The van der Waals surface area contributed by atoms with Gasteiger partial charge in [0.05, 0.1) is 17.4 Å². The minimum atomic E-state index is -0.490. The number of rotatable bonds is 3. The number of aryl methyl sites for hydroxylation is 1. The van der Waals surface area contributed by atoms with E-state index in [1.807, 2.05) is 6.07 Å². The molecule has 9 heteroatoms. The summed E-state index contributed by atoms with van der Waals surface area (Å²) < 4.78 is 21.6. The molecule has 8 nitrogen and oxygen atoms in total. The lowest BCUT2D eigenvalue weighted by Crippen LogP contribution is -2.43. The summed E-state index contributed by atoms with van der Waals surface area (Å²) in [7, 11) is 0. The number of pyridine rings is 1. The Kier molecular flexibility index (Phi) is 3.83. The molecule has 5 rings (SSSR count). The molecule has 1 fully saturated rings. The summed E-state index contributed by atoms with van der Waals surface area (Å²) in [6.07, 6.45) is 3.34. The molecule has 3 aromatic heterocycles. The third kappa shape index (κ3) is 2.80. The van der Waals surface area contributed by atoms with Gasteiger partial charge in [-0.05, 0) is 13.0 Å². The van der Waals surface area contributed by atoms with E-state index in [1.54, 1.807) is 29.8 Å². The number of aromatic amines is 1. The largest absolute Gasteiger partial charge is 0.507 e. The van der Waals surface area contributed by atoms with Crippen LogP contribution in [0.3, 0.4) is 0 Å². The number of halogens is 1. The monoisotopic (exact) mass is 382 g/mol. The summed E-state index contributed by atoms with van der Waals surface area (Å²) in [6, 6.07) is 4.90. The van der Waals surface area contributed by atoms with E-state index in [2.05, 4.69) is 25.4 Å². The van der Waals surface area contributed by atoms with Gasteiger partial charge < -0.3 is 24.5 Å². The summed E-state index contributed by atoms with van der Waals surface area (Å²) >= 11 is 0. The number of H-pyrrole nitrogens is 1. The number of ether oxygens (including phenoxy) is 1. The van der Waals surface area contributed by atoms with Crippen LogP contribution < -0.4 is 15.0 Å². The van der Waals surface area contributed by atoms with Crippen LogP contribution in [0.1, 0.15) is 5.69 Å². The number of hydrogen-bond donors (Lipinski definition) is 3. The number of aromatic hydroxyl groups is 1. The molecule has 0 amide bonds. The fraction of sp³-hybridized carbons (Fsp3) is 0.263. The Labute approximate surface area is 159 Å². The topological polar surface area (TPSA) is 90.7 Å². The molecular formula is C19H19FN6O2. The van der Waals surface area contributed by atoms with E-state index in [0.29, 0.717) is 16.6 Å². The normalized spacial score (nSPS) is 14.9. The van der Waals surface area contributed by atoms with E-state index in [4.69, 9.17) is 4.74 Å². The Bertz CT molecular complexity index is 1180. The summed E-state index contributed by atoms with van der Waals surface area (Å²) in [5, 5.41) is 21.4. The number of benzene rings is 1. The molecule has 4 aromatic rings. The van der Waals surface area contributed by atoms with Gasteiger partial charge in [0.2, 0.25) is 5.88 Å². The van der Waals surface area contributed by atoms with E-state index < -0.39 is 5.82 Å². The zero-order valence-corrected chi connectivity index (χ0v) is 15.2. The average Bonchev–Trinajstić information content (AvgIpc) is 3.26. The van der Waals surface area contributed by atoms with E-state index in [9.17, 15) is 9.50 Å². The maximum atomic E-state index is 14.3. The second-order valence-electron chi connectivity index (χ2n) is 6.89. The highest BCUT2D eigenvalue weighted by Crippen LogP contribution is 2.37. The van der Waals surface area contributed by atoms with Crippen molar-refractivity contribution in [2.45, 2.75) is 6.92 Å². The number of phenolic OH excluding ortho intramolecular Hbond substituents is 1. The fourth-order valence-corrected chi connectivity index (χ4v) is 3.59. The van der Waals surface area contributed by atoms with Crippen LogP contribution in [0.5, 0.6) is 17.4 Å². The quantitative estimate of drug-likeness (QED) is 0.505. The van der Waals surface area contributed by atoms with Gasteiger partial charge in [-0.15, -0.1) is 5.10 Å². The van der Waals surface area contributed by atoms with Crippen LogP contribution in [-0.4, -0.2) is 50.9 Å². The van der Waals surface area contributed by atoms with Crippen molar-refractivity contribution in [2.75, 3.05) is 31.1 Å². The molecule has 1 saturated heterocycles. The minimum Gasteiger partial charge on any atom is -0.507 e. The van der Waals surface area contributed by atoms with E-state index in [1.165, 1.54) is 6.07 Å². The van der Waals surface area contributed by atoms with Crippen molar-refractivity contribution in [1.82, 2.24) is 24.9 Å². The molecule has 0 spiro atoms. The number of piperazine rings is 1. The number of phenols is 1. The van der Waals surface area contributed by atoms with Crippen molar-refractivity contribution in [3.63, 3.8) is 0 Å². The molecule has 144 valence electrons. The molecule has 4 heterocycles. The van der Waals surface area contributed by atoms with Gasteiger partial charge in [-0.2, -0.15) is 0 Å². The van der Waals surface area contributed by atoms with Crippen LogP contribution in [0.4, 0.5) is 10.1 Å². The van der Waals surface area contributed by atoms with Crippen molar-refractivity contribution in [1.29, 1.82) is 0 Å². The fourth-order valence-electron chi connectivity index (χ4n) is 3.59. The molecule has 0 atom stereocenters. The van der Waals surface area contributed by atoms with Gasteiger partial charge in [0.1, 0.15) is 16.9 Å². The molecule has 1 aromatic carbocycles. The molecule has 28 heavy (non-hydrogen) atoms. The number of anilines is 1.